The minimum atomic E-state index is -6.72. The number of alkyl halides is 5. The summed E-state index contributed by atoms with van der Waals surface area (Å²) in [6.07, 6.45) is -11.0. The maximum atomic E-state index is 13.2. The number of ether oxygens (including phenoxy) is 1. The fraction of sp³-hybridized carbons (Fsp3) is 0.300. The van der Waals surface area contributed by atoms with E-state index in [2.05, 4.69) is 4.74 Å². The summed E-state index contributed by atoms with van der Waals surface area (Å²) in [7, 11) is -6.72. The van der Waals surface area contributed by atoms with E-state index >= 15 is 0 Å². The van der Waals surface area contributed by atoms with Crippen LogP contribution in [-0.4, -0.2) is 36.5 Å². The van der Waals surface area contributed by atoms with Crippen molar-refractivity contribution in [2.24, 2.45) is 0 Å². The lowest BCUT2D eigenvalue weighted by molar-refractivity contribution is -0.248. The standard InChI is InChI=1S/C10H4F8O5S/c11-3-1-4(12)6(5(13)2-3)7(19)23-8(9(14,15)16)10(17,18)24(20,21)22/h1-2,8H,(H,20,21,22). The van der Waals surface area contributed by atoms with Gasteiger partial charge in [-0.25, -0.2) is 18.0 Å². The minimum absolute atomic E-state index is 0.163. The molecule has 0 saturated carbocycles. The molecule has 0 amide bonds. The van der Waals surface area contributed by atoms with Crippen LogP contribution in [0.2, 0.25) is 0 Å². The van der Waals surface area contributed by atoms with Gasteiger partial charge in [0.1, 0.15) is 23.0 Å². The first-order chi connectivity index (χ1) is 10.6. The third kappa shape index (κ3) is 3.92. The zero-order valence-corrected chi connectivity index (χ0v) is 11.6. The maximum absolute atomic E-state index is 13.2. The van der Waals surface area contributed by atoms with E-state index in [0.29, 0.717) is 0 Å². The van der Waals surface area contributed by atoms with Crippen molar-refractivity contribution in [3.63, 3.8) is 0 Å². The lowest BCUT2D eigenvalue weighted by atomic mass is 10.2. The second kappa shape index (κ2) is 6.16. The molecule has 5 nitrogen and oxygen atoms in total. The Kier molecular flexibility index (Phi) is 5.15. The normalized spacial score (nSPS) is 14.4. The van der Waals surface area contributed by atoms with Gasteiger partial charge >= 0.3 is 27.5 Å². The Balaban J connectivity index is 3.35. The lowest BCUT2D eigenvalue weighted by Gasteiger charge is -2.26. The summed E-state index contributed by atoms with van der Waals surface area (Å²) in [6, 6.07) is -0.327. The van der Waals surface area contributed by atoms with Gasteiger partial charge in [0.2, 0.25) is 0 Å². The summed E-state index contributed by atoms with van der Waals surface area (Å²) in [5, 5.41) is -6.08. The van der Waals surface area contributed by atoms with Crippen LogP contribution in [0, 0.1) is 17.5 Å². The molecule has 0 aromatic heterocycles. The zero-order chi connectivity index (χ0) is 19.1. The first-order valence-electron chi connectivity index (χ1n) is 5.36. The summed E-state index contributed by atoms with van der Waals surface area (Å²) in [5.74, 6) is -8.46. The number of hydrogen-bond acceptors (Lipinski definition) is 4. The highest BCUT2D eigenvalue weighted by Crippen LogP contribution is 2.38. The molecule has 1 aromatic carbocycles. The second-order valence-corrected chi connectivity index (χ2v) is 5.60. The molecule has 1 N–H and O–H groups in total. The van der Waals surface area contributed by atoms with Gasteiger partial charge in [-0.2, -0.15) is 30.4 Å². The summed E-state index contributed by atoms with van der Waals surface area (Å²) >= 11 is 0. The first-order valence-corrected chi connectivity index (χ1v) is 6.80. The average Bonchev–Trinajstić information content (AvgIpc) is 2.31. The molecule has 0 radical (unpaired) electrons. The Labute approximate surface area is 127 Å². The first kappa shape index (κ1) is 20.1. The average molecular weight is 388 g/mol. The Morgan fingerprint density at radius 3 is 1.79 bits per heavy atom. The summed E-state index contributed by atoms with van der Waals surface area (Å²) in [5.41, 5.74) is -1.98. The van der Waals surface area contributed by atoms with Crippen molar-refractivity contribution >= 4 is 16.1 Å². The van der Waals surface area contributed by atoms with Crippen LogP contribution in [-0.2, 0) is 14.9 Å². The second-order valence-electron chi connectivity index (χ2n) is 4.11. The molecule has 0 fully saturated rings. The Morgan fingerprint density at radius 2 is 1.46 bits per heavy atom. The number of benzene rings is 1. The molecular weight excluding hydrogens is 384 g/mol. The largest absolute Gasteiger partial charge is 0.441 e. The summed E-state index contributed by atoms with van der Waals surface area (Å²) < 4.78 is 135. The third-order valence-electron chi connectivity index (χ3n) is 2.38. The van der Waals surface area contributed by atoms with E-state index in [0.717, 1.165) is 0 Å². The molecule has 0 aliphatic carbocycles. The van der Waals surface area contributed by atoms with Crippen molar-refractivity contribution in [3.05, 3.63) is 35.1 Å². The third-order valence-corrected chi connectivity index (χ3v) is 3.28. The molecule has 0 aliphatic rings. The fourth-order valence-electron chi connectivity index (χ4n) is 1.36. The van der Waals surface area contributed by atoms with Crippen molar-refractivity contribution in [1.82, 2.24) is 0 Å². The number of carbonyl (C=O) groups excluding carboxylic acids is 1. The molecule has 136 valence electrons. The van der Waals surface area contributed by atoms with Crippen LogP contribution in [0.3, 0.4) is 0 Å². The molecule has 0 aliphatic heterocycles. The van der Waals surface area contributed by atoms with Gasteiger partial charge in [-0.3, -0.25) is 4.55 Å². The molecule has 24 heavy (non-hydrogen) atoms. The highest BCUT2D eigenvalue weighted by molar-refractivity contribution is 7.86. The van der Waals surface area contributed by atoms with E-state index in [-0.39, 0.29) is 12.1 Å². The number of esters is 1. The quantitative estimate of drug-likeness (QED) is 0.487. The predicted molar refractivity (Wildman–Crippen MR) is 58.1 cm³/mol. The number of hydrogen-bond donors (Lipinski definition) is 1. The van der Waals surface area contributed by atoms with E-state index in [4.69, 9.17) is 4.55 Å². The maximum Gasteiger partial charge on any atom is 0.432 e. The molecule has 0 spiro atoms. The van der Waals surface area contributed by atoms with Gasteiger partial charge in [-0.05, 0) is 0 Å². The molecule has 0 heterocycles. The van der Waals surface area contributed by atoms with Gasteiger partial charge in [-0.1, -0.05) is 0 Å². The van der Waals surface area contributed by atoms with E-state index in [1.54, 1.807) is 0 Å². The number of rotatable bonds is 4. The number of halogens is 8. The van der Waals surface area contributed by atoms with Gasteiger partial charge in [0.05, 0.1) is 0 Å². The SMILES string of the molecule is O=C(OC(C(F)(F)F)C(F)(F)S(=O)(=O)O)c1c(F)cc(F)cc1F. The molecule has 1 unspecified atom stereocenters. The number of carbonyl (C=O) groups is 1. The van der Waals surface area contributed by atoms with Crippen LogP contribution in [0.1, 0.15) is 10.4 Å². The summed E-state index contributed by atoms with van der Waals surface area (Å²) in [4.78, 5) is 11.3. The molecule has 1 rings (SSSR count). The highest BCUT2D eigenvalue weighted by atomic mass is 32.2. The Morgan fingerprint density at radius 1 is 1.04 bits per heavy atom. The van der Waals surface area contributed by atoms with Crippen molar-refractivity contribution < 1.29 is 57.6 Å². The van der Waals surface area contributed by atoms with Crippen LogP contribution in [0.25, 0.3) is 0 Å². The van der Waals surface area contributed by atoms with Crippen molar-refractivity contribution in [2.45, 2.75) is 17.5 Å². The van der Waals surface area contributed by atoms with Gasteiger partial charge in [0.15, 0.2) is 0 Å². The van der Waals surface area contributed by atoms with Gasteiger partial charge in [0, 0.05) is 12.1 Å². The molecular formula is C10H4F8O5S. The molecule has 14 heteroatoms. The van der Waals surface area contributed by atoms with Crippen LogP contribution in [0.5, 0.6) is 0 Å². The van der Waals surface area contributed by atoms with Crippen molar-refractivity contribution in [2.75, 3.05) is 0 Å². The van der Waals surface area contributed by atoms with Crippen molar-refractivity contribution in [1.29, 1.82) is 0 Å². The Bertz CT molecular complexity index is 734. The predicted octanol–water partition coefficient (Wildman–Crippen LogP) is 2.67. The Hall–Kier alpha value is -1.96. The monoisotopic (exact) mass is 388 g/mol. The molecule has 1 atom stereocenters. The van der Waals surface area contributed by atoms with Crippen LogP contribution in [0.15, 0.2) is 12.1 Å². The van der Waals surface area contributed by atoms with Crippen LogP contribution < -0.4 is 0 Å². The van der Waals surface area contributed by atoms with Crippen molar-refractivity contribution in [3.8, 4) is 0 Å². The van der Waals surface area contributed by atoms with E-state index in [1.165, 1.54) is 0 Å². The van der Waals surface area contributed by atoms with Gasteiger partial charge < -0.3 is 4.74 Å². The fourth-order valence-corrected chi connectivity index (χ4v) is 1.82. The topological polar surface area (TPSA) is 80.7 Å². The van der Waals surface area contributed by atoms with Crippen LogP contribution in [0.4, 0.5) is 35.1 Å². The lowest BCUT2D eigenvalue weighted by Crippen LogP contribution is -2.52. The molecule has 0 bridgehead atoms. The highest BCUT2D eigenvalue weighted by Gasteiger charge is 2.66. The van der Waals surface area contributed by atoms with E-state index in [9.17, 15) is 48.3 Å². The smallest absolute Gasteiger partial charge is 0.432 e. The summed E-state index contributed by atoms with van der Waals surface area (Å²) in [6.45, 7) is 0. The van der Waals surface area contributed by atoms with Crippen LogP contribution >= 0.6 is 0 Å². The molecule has 0 saturated heterocycles. The van der Waals surface area contributed by atoms with Gasteiger partial charge in [0.25, 0.3) is 6.10 Å². The van der Waals surface area contributed by atoms with E-state index < -0.39 is 56.6 Å². The minimum Gasteiger partial charge on any atom is -0.441 e. The van der Waals surface area contributed by atoms with E-state index in [1.807, 2.05) is 0 Å². The zero-order valence-electron chi connectivity index (χ0n) is 10.7. The van der Waals surface area contributed by atoms with Gasteiger partial charge in [-0.15, -0.1) is 0 Å². The molecule has 1 aromatic rings.